The van der Waals surface area contributed by atoms with E-state index < -0.39 is 29.4 Å². The van der Waals surface area contributed by atoms with E-state index in [0.717, 1.165) is 12.0 Å². The van der Waals surface area contributed by atoms with Gasteiger partial charge in [0.05, 0.1) is 24.1 Å². The summed E-state index contributed by atoms with van der Waals surface area (Å²) in [5.41, 5.74) is -0.0682. The number of esters is 1. The van der Waals surface area contributed by atoms with Crippen LogP contribution >= 0.6 is 0 Å². The Hall–Kier alpha value is -3.19. The lowest BCUT2D eigenvalue weighted by atomic mass is 9.76. The van der Waals surface area contributed by atoms with Gasteiger partial charge in [-0.1, -0.05) is 50.1 Å². The maximum Gasteiger partial charge on any atom is 0.327 e. The Morgan fingerprint density at radius 2 is 1.75 bits per heavy atom. The predicted octanol–water partition coefficient (Wildman–Crippen LogP) is 3.33. The van der Waals surface area contributed by atoms with Crippen LogP contribution in [-0.4, -0.2) is 35.0 Å². The van der Waals surface area contributed by atoms with Crippen molar-refractivity contribution in [2.24, 2.45) is 11.8 Å². The van der Waals surface area contributed by atoms with Crippen molar-refractivity contribution in [3.8, 4) is 5.75 Å². The molecule has 168 valence electrons. The molecule has 2 N–H and O–H groups in total. The Bertz CT molecular complexity index is 1010. The number of phenols is 1. The van der Waals surface area contributed by atoms with Gasteiger partial charge in [-0.2, -0.15) is 0 Å². The molecule has 2 amide bonds. The number of carbonyl (C=O) groups is 3. The minimum Gasteiger partial charge on any atom is -0.508 e. The van der Waals surface area contributed by atoms with Crippen molar-refractivity contribution in [2.75, 3.05) is 11.5 Å². The van der Waals surface area contributed by atoms with E-state index in [9.17, 15) is 19.5 Å². The number of aromatic hydroxyl groups is 1. The van der Waals surface area contributed by atoms with Crippen molar-refractivity contribution in [1.29, 1.82) is 0 Å². The number of hydrogen-bond acceptors (Lipinski definition) is 6. The summed E-state index contributed by atoms with van der Waals surface area (Å²) in [6.07, 6.45) is 1.92. The zero-order valence-corrected chi connectivity index (χ0v) is 18.3. The quantitative estimate of drug-likeness (QED) is 0.511. The van der Waals surface area contributed by atoms with E-state index in [1.807, 2.05) is 13.0 Å². The number of fused-ring (bicyclic) bond motifs is 1. The normalized spacial score (nSPS) is 26.9. The van der Waals surface area contributed by atoms with Gasteiger partial charge < -0.3 is 9.84 Å². The second-order valence-corrected chi connectivity index (χ2v) is 8.36. The van der Waals surface area contributed by atoms with Gasteiger partial charge in [0.15, 0.2) is 0 Å². The van der Waals surface area contributed by atoms with E-state index in [4.69, 9.17) is 4.74 Å². The highest BCUT2D eigenvalue weighted by Crippen LogP contribution is 2.51. The minimum atomic E-state index is -1.30. The number of rotatable bonds is 7. The highest BCUT2D eigenvalue weighted by Gasteiger charge is 2.68. The van der Waals surface area contributed by atoms with Crippen LogP contribution in [-0.2, 0) is 19.1 Å². The van der Waals surface area contributed by atoms with E-state index in [2.05, 4.69) is 5.32 Å². The molecule has 4 atom stereocenters. The molecule has 0 bridgehead atoms. The van der Waals surface area contributed by atoms with Crippen molar-refractivity contribution in [2.45, 2.75) is 44.7 Å². The first-order chi connectivity index (χ1) is 15.4. The molecule has 2 heterocycles. The SMILES string of the molecule is CCCC[C@]1(C(=O)OCC)N[C@@H](c2ccc(O)cc2)[C@H]2C(=O)N(c3ccccc3)C(=O)[C@H]21. The Morgan fingerprint density at radius 1 is 1.06 bits per heavy atom. The Labute approximate surface area is 187 Å². The number of imide groups is 1. The summed E-state index contributed by atoms with van der Waals surface area (Å²) in [6, 6.07) is 14.8. The molecule has 0 aromatic heterocycles. The van der Waals surface area contributed by atoms with Crippen LogP contribution in [0.25, 0.3) is 0 Å². The second-order valence-electron chi connectivity index (χ2n) is 8.36. The van der Waals surface area contributed by atoms with Crippen LogP contribution in [0.4, 0.5) is 5.69 Å². The molecule has 2 aromatic carbocycles. The first kappa shape index (κ1) is 22.0. The molecule has 7 heteroatoms. The largest absolute Gasteiger partial charge is 0.508 e. The molecular weight excluding hydrogens is 408 g/mol. The summed E-state index contributed by atoms with van der Waals surface area (Å²) < 4.78 is 5.44. The molecule has 0 aliphatic carbocycles. The smallest absolute Gasteiger partial charge is 0.327 e. The zero-order valence-electron chi connectivity index (χ0n) is 18.3. The van der Waals surface area contributed by atoms with Crippen LogP contribution in [0.15, 0.2) is 54.6 Å². The van der Waals surface area contributed by atoms with Crippen LogP contribution in [0.2, 0.25) is 0 Å². The molecule has 2 aliphatic rings. The van der Waals surface area contributed by atoms with E-state index in [1.54, 1.807) is 55.5 Å². The van der Waals surface area contributed by atoms with Crippen molar-refractivity contribution >= 4 is 23.5 Å². The molecular formula is C25H28N2O5. The third kappa shape index (κ3) is 3.46. The van der Waals surface area contributed by atoms with Gasteiger partial charge in [-0.3, -0.25) is 19.7 Å². The number of unbranched alkanes of at least 4 members (excludes halogenated alkanes) is 1. The van der Waals surface area contributed by atoms with E-state index in [0.29, 0.717) is 18.5 Å². The number of amides is 2. The summed E-state index contributed by atoms with van der Waals surface area (Å²) in [5, 5.41) is 13.1. The fraction of sp³-hybridized carbons (Fsp3) is 0.400. The Morgan fingerprint density at radius 3 is 2.38 bits per heavy atom. The number of ether oxygens (including phenoxy) is 1. The second kappa shape index (κ2) is 8.74. The van der Waals surface area contributed by atoms with Crippen LogP contribution in [0.3, 0.4) is 0 Å². The van der Waals surface area contributed by atoms with Gasteiger partial charge >= 0.3 is 5.97 Å². The molecule has 4 rings (SSSR count). The maximum atomic E-state index is 13.7. The third-order valence-corrected chi connectivity index (χ3v) is 6.49. The van der Waals surface area contributed by atoms with Gasteiger partial charge in [0.2, 0.25) is 11.8 Å². The topological polar surface area (TPSA) is 95.9 Å². The number of phenolic OH excluding ortho intramolecular Hbond substituents is 1. The molecule has 2 aliphatic heterocycles. The van der Waals surface area contributed by atoms with Crippen molar-refractivity contribution in [1.82, 2.24) is 5.32 Å². The van der Waals surface area contributed by atoms with Gasteiger partial charge in [0, 0.05) is 6.04 Å². The fourth-order valence-electron chi connectivity index (χ4n) is 5.04. The van der Waals surface area contributed by atoms with E-state index >= 15 is 0 Å². The highest BCUT2D eigenvalue weighted by molar-refractivity contribution is 6.24. The number of hydrogen-bond donors (Lipinski definition) is 2. The van der Waals surface area contributed by atoms with Crippen LogP contribution in [0.1, 0.15) is 44.7 Å². The maximum absolute atomic E-state index is 13.7. The predicted molar refractivity (Wildman–Crippen MR) is 119 cm³/mol. The lowest BCUT2D eigenvalue weighted by molar-refractivity contribution is -0.155. The van der Waals surface area contributed by atoms with Crippen LogP contribution in [0, 0.1) is 11.8 Å². The van der Waals surface area contributed by atoms with Gasteiger partial charge in [0.1, 0.15) is 11.3 Å². The van der Waals surface area contributed by atoms with E-state index in [-0.39, 0.29) is 24.2 Å². The van der Waals surface area contributed by atoms with Crippen molar-refractivity contribution in [3.63, 3.8) is 0 Å². The number of anilines is 1. The Balaban J connectivity index is 1.85. The number of benzene rings is 2. The summed E-state index contributed by atoms with van der Waals surface area (Å²) in [7, 11) is 0. The average Bonchev–Trinajstić information content (AvgIpc) is 3.28. The van der Waals surface area contributed by atoms with E-state index in [1.165, 1.54) is 4.90 Å². The molecule has 0 unspecified atom stereocenters. The molecule has 2 aromatic rings. The summed E-state index contributed by atoms with van der Waals surface area (Å²) in [5.74, 6) is -2.75. The first-order valence-electron chi connectivity index (χ1n) is 11.1. The van der Waals surface area contributed by atoms with Crippen molar-refractivity contribution in [3.05, 3.63) is 60.2 Å². The number of nitrogens with zero attached hydrogens (tertiary/aromatic N) is 1. The molecule has 2 fully saturated rings. The number of para-hydroxylation sites is 1. The standard InChI is InChI=1S/C25H28N2O5/c1-3-5-15-25(24(31)32-4-2)20-19(21(26-25)16-11-13-18(28)14-12-16)22(29)27(23(20)30)17-9-7-6-8-10-17/h6-14,19-21,26,28H,3-5,15H2,1-2H3/t19-,20-,21-,25-/m0/s1. The number of nitrogens with one attached hydrogen (secondary N) is 1. The van der Waals surface area contributed by atoms with Gasteiger partial charge in [-0.05, 0) is 43.2 Å². The summed E-state index contributed by atoms with van der Waals surface area (Å²) >= 11 is 0. The van der Waals surface area contributed by atoms with Crippen molar-refractivity contribution < 1.29 is 24.2 Å². The van der Waals surface area contributed by atoms with Crippen LogP contribution in [0.5, 0.6) is 5.75 Å². The lowest BCUT2D eigenvalue weighted by Crippen LogP contribution is -2.56. The molecule has 7 nitrogen and oxygen atoms in total. The van der Waals surface area contributed by atoms with Gasteiger partial charge in [-0.15, -0.1) is 0 Å². The highest BCUT2D eigenvalue weighted by atomic mass is 16.5. The minimum absolute atomic E-state index is 0.102. The molecule has 0 radical (unpaired) electrons. The van der Waals surface area contributed by atoms with Gasteiger partial charge in [-0.25, -0.2) is 4.90 Å². The molecule has 0 spiro atoms. The fourth-order valence-corrected chi connectivity index (χ4v) is 5.04. The molecule has 2 saturated heterocycles. The summed E-state index contributed by atoms with van der Waals surface area (Å²) in [6.45, 7) is 3.92. The first-order valence-corrected chi connectivity index (χ1v) is 11.1. The third-order valence-electron chi connectivity index (χ3n) is 6.49. The molecule has 32 heavy (non-hydrogen) atoms. The summed E-state index contributed by atoms with van der Waals surface area (Å²) in [4.78, 5) is 41.9. The monoisotopic (exact) mass is 436 g/mol. The number of carbonyl (C=O) groups excluding carboxylic acids is 3. The van der Waals surface area contributed by atoms with Gasteiger partial charge in [0.25, 0.3) is 0 Å². The van der Waals surface area contributed by atoms with Crippen LogP contribution < -0.4 is 10.2 Å². The zero-order chi connectivity index (χ0) is 22.9. The average molecular weight is 437 g/mol. The lowest BCUT2D eigenvalue weighted by Gasteiger charge is -2.33. The molecule has 0 saturated carbocycles. The Kier molecular flexibility index (Phi) is 6.02.